The molecule has 1 aromatic carbocycles. The first-order valence-electron chi connectivity index (χ1n) is 9.40. The van der Waals surface area contributed by atoms with Gasteiger partial charge in [0, 0.05) is 11.9 Å². The molecule has 1 aliphatic carbocycles. The third-order valence-electron chi connectivity index (χ3n) is 5.60. The molecule has 1 aromatic heterocycles. The zero-order chi connectivity index (χ0) is 19.0. The Hall–Kier alpha value is -1.51. The molecule has 0 amide bonds. The predicted octanol–water partition coefficient (Wildman–Crippen LogP) is 2.04. The summed E-state index contributed by atoms with van der Waals surface area (Å²) in [6.07, 6.45) is 1.25. The van der Waals surface area contributed by atoms with Gasteiger partial charge >= 0.3 is 0 Å². The molecular formula is C19H24ClN3O4. The van der Waals surface area contributed by atoms with Crippen molar-refractivity contribution in [2.75, 3.05) is 18.5 Å². The molecule has 0 radical (unpaired) electrons. The zero-order valence-corrected chi connectivity index (χ0v) is 15.6. The van der Waals surface area contributed by atoms with E-state index in [1.54, 1.807) is 6.07 Å². The van der Waals surface area contributed by atoms with Crippen molar-refractivity contribution in [3.8, 4) is 0 Å². The third kappa shape index (κ3) is 3.75. The molecule has 7 nitrogen and oxygen atoms in total. The number of rotatable bonds is 5. The third-order valence-corrected chi connectivity index (χ3v) is 5.77. The van der Waals surface area contributed by atoms with Crippen LogP contribution in [0.15, 0.2) is 18.2 Å². The number of fused-ring (bicyclic) bond motifs is 1. The van der Waals surface area contributed by atoms with Crippen LogP contribution < -0.4 is 5.32 Å². The minimum absolute atomic E-state index is 0.148. The number of hydrogen-bond acceptors (Lipinski definition) is 7. The van der Waals surface area contributed by atoms with E-state index in [0.29, 0.717) is 22.8 Å². The molecular weight excluding hydrogens is 370 g/mol. The average Bonchev–Trinajstić information content (AvgIpc) is 3.28. The second kappa shape index (κ2) is 7.85. The summed E-state index contributed by atoms with van der Waals surface area (Å²) < 4.78 is 5.60. The van der Waals surface area contributed by atoms with Gasteiger partial charge in [-0.2, -0.15) is 0 Å². The SMILES string of the molecule is OC[C@H]1O[C@@H](c2ccc3c(NCC4CCCC4)nc(Cl)nc3c2)[C@H](O)[C@@H]1O. The molecule has 0 unspecified atom stereocenters. The van der Waals surface area contributed by atoms with Crippen LogP contribution in [0, 0.1) is 5.92 Å². The summed E-state index contributed by atoms with van der Waals surface area (Å²) in [5, 5.41) is 33.9. The maximum atomic E-state index is 10.2. The lowest BCUT2D eigenvalue weighted by Gasteiger charge is -2.17. The molecule has 4 rings (SSSR count). The van der Waals surface area contributed by atoms with Gasteiger partial charge in [0.15, 0.2) is 0 Å². The number of aromatic nitrogens is 2. The summed E-state index contributed by atoms with van der Waals surface area (Å²) in [6, 6.07) is 5.47. The van der Waals surface area contributed by atoms with Crippen molar-refractivity contribution in [1.82, 2.24) is 9.97 Å². The Bertz CT molecular complexity index is 815. The quantitative estimate of drug-likeness (QED) is 0.576. The van der Waals surface area contributed by atoms with Crippen LogP contribution in [0.4, 0.5) is 5.82 Å². The van der Waals surface area contributed by atoms with Crippen LogP contribution >= 0.6 is 11.6 Å². The minimum atomic E-state index is -1.13. The highest BCUT2D eigenvalue weighted by Crippen LogP contribution is 2.35. The Balaban J connectivity index is 1.60. The van der Waals surface area contributed by atoms with Crippen molar-refractivity contribution >= 4 is 28.3 Å². The van der Waals surface area contributed by atoms with Gasteiger partial charge in [-0.05, 0) is 48.1 Å². The maximum absolute atomic E-state index is 10.2. The first-order valence-corrected chi connectivity index (χ1v) is 9.78. The predicted molar refractivity (Wildman–Crippen MR) is 102 cm³/mol. The molecule has 0 spiro atoms. The Morgan fingerprint density at radius 2 is 1.93 bits per heavy atom. The van der Waals surface area contributed by atoms with Crippen LogP contribution in [-0.2, 0) is 4.74 Å². The summed E-state index contributed by atoms with van der Waals surface area (Å²) in [5.41, 5.74) is 1.31. The topological polar surface area (TPSA) is 108 Å². The zero-order valence-electron chi connectivity index (χ0n) is 14.9. The standard InChI is InChI=1S/C19H24ClN3O4/c20-19-22-13-7-11(17-16(26)15(25)14(9-24)27-17)5-6-12(13)18(23-19)21-8-10-3-1-2-4-10/h5-7,10,14-17,24-26H,1-4,8-9H2,(H,21,22,23)/t14-,15-,16-,17+/m1/s1. The summed E-state index contributed by atoms with van der Waals surface area (Å²) in [5.74, 6) is 1.36. The van der Waals surface area contributed by atoms with E-state index in [1.165, 1.54) is 25.7 Å². The highest BCUT2D eigenvalue weighted by atomic mass is 35.5. The van der Waals surface area contributed by atoms with Crippen molar-refractivity contribution < 1.29 is 20.1 Å². The average molecular weight is 394 g/mol. The van der Waals surface area contributed by atoms with E-state index in [-0.39, 0.29) is 11.9 Å². The van der Waals surface area contributed by atoms with Crippen LogP contribution in [0.2, 0.25) is 5.28 Å². The van der Waals surface area contributed by atoms with E-state index >= 15 is 0 Å². The first-order chi connectivity index (χ1) is 13.1. The second-order valence-electron chi connectivity index (χ2n) is 7.41. The molecule has 0 bridgehead atoms. The van der Waals surface area contributed by atoms with Crippen molar-refractivity contribution in [3.63, 3.8) is 0 Å². The van der Waals surface area contributed by atoms with Gasteiger partial charge in [0.25, 0.3) is 0 Å². The lowest BCUT2D eigenvalue weighted by Crippen LogP contribution is -2.32. The molecule has 2 aliphatic rings. The molecule has 27 heavy (non-hydrogen) atoms. The van der Waals surface area contributed by atoms with Crippen LogP contribution in [0.5, 0.6) is 0 Å². The summed E-state index contributed by atoms with van der Waals surface area (Å²) in [7, 11) is 0. The Morgan fingerprint density at radius 1 is 1.15 bits per heavy atom. The molecule has 2 heterocycles. The van der Waals surface area contributed by atoms with Gasteiger partial charge in [-0.1, -0.05) is 18.9 Å². The van der Waals surface area contributed by atoms with Gasteiger partial charge in [0.1, 0.15) is 30.2 Å². The van der Waals surface area contributed by atoms with E-state index in [2.05, 4.69) is 15.3 Å². The fourth-order valence-electron chi connectivity index (χ4n) is 4.06. The lowest BCUT2D eigenvalue weighted by molar-refractivity contribution is -0.0227. The fourth-order valence-corrected chi connectivity index (χ4v) is 4.24. The fraction of sp³-hybridized carbons (Fsp3) is 0.579. The monoisotopic (exact) mass is 393 g/mol. The number of nitrogens with zero attached hydrogens (tertiary/aromatic N) is 2. The number of anilines is 1. The van der Waals surface area contributed by atoms with Gasteiger partial charge in [0.05, 0.1) is 12.1 Å². The number of nitrogens with one attached hydrogen (secondary N) is 1. The van der Waals surface area contributed by atoms with Gasteiger partial charge in [-0.3, -0.25) is 0 Å². The van der Waals surface area contributed by atoms with E-state index in [1.807, 2.05) is 12.1 Å². The number of halogens is 1. The van der Waals surface area contributed by atoms with Gasteiger partial charge < -0.3 is 25.4 Å². The van der Waals surface area contributed by atoms with E-state index in [9.17, 15) is 15.3 Å². The molecule has 4 N–H and O–H groups in total. The Kier molecular flexibility index (Phi) is 5.48. The van der Waals surface area contributed by atoms with E-state index in [0.717, 1.165) is 11.9 Å². The van der Waals surface area contributed by atoms with E-state index in [4.69, 9.17) is 16.3 Å². The Morgan fingerprint density at radius 3 is 2.63 bits per heavy atom. The molecule has 8 heteroatoms. The first kappa shape index (κ1) is 18.8. The minimum Gasteiger partial charge on any atom is -0.394 e. The van der Waals surface area contributed by atoms with Crippen LogP contribution in [0.1, 0.15) is 37.4 Å². The van der Waals surface area contributed by atoms with Crippen molar-refractivity contribution in [1.29, 1.82) is 0 Å². The van der Waals surface area contributed by atoms with Crippen LogP contribution in [0.25, 0.3) is 10.9 Å². The maximum Gasteiger partial charge on any atom is 0.224 e. The number of benzene rings is 1. The van der Waals surface area contributed by atoms with Crippen molar-refractivity contribution in [3.05, 3.63) is 29.0 Å². The summed E-state index contributed by atoms with van der Waals surface area (Å²) in [6.45, 7) is 0.505. The highest BCUT2D eigenvalue weighted by Gasteiger charge is 2.43. The number of aliphatic hydroxyl groups is 3. The van der Waals surface area contributed by atoms with Crippen LogP contribution in [0.3, 0.4) is 0 Å². The Labute approximate surface area is 162 Å². The highest BCUT2D eigenvalue weighted by molar-refractivity contribution is 6.28. The van der Waals surface area contributed by atoms with E-state index < -0.39 is 24.4 Å². The summed E-state index contributed by atoms with van der Waals surface area (Å²) >= 11 is 6.11. The number of hydrogen-bond donors (Lipinski definition) is 4. The van der Waals surface area contributed by atoms with Crippen molar-refractivity contribution in [2.24, 2.45) is 5.92 Å². The smallest absolute Gasteiger partial charge is 0.224 e. The lowest BCUT2D eigenvalue weighted by atomic mass is 10.0. The second-order valence-corrected chi connectivity index (χ2v) is 7.75. The number of aliphatic hydroxyl groups excluding tert-OH is 3. The van der Waals surface area contributed by atoms with Gasteiger partial charge in [-0.25, -0.2) is 9.97 Å². The van der Waals surface area contributed by atoms with Gasteiger partial charge in [-0.15, -0.1) is 0 Å². The van der Waals surface area contributed by atoms with Gasteiger partial charge in [0.2, 0.25) is 5.28 Å². The molecule has 1 saturated carbocycles. The van der Waals surface area contributed by atoms with Crippen LogP contribution in [-0.4, -0.2) is 56.8 Å². The molecule has 2 aromatic rings. The molecule has 146 valence electrons. The van der Waals surface area contributed by atoms with Crippen molar-refractivity contribution in [2.45, 2.75) is 50.1 Å². The molecule has 2 fully saturated rings. The normalized spacial score (nSPS) is 28.9. The summed E-state index contributed by atoms with van der Waals surface area (Å²) in [4.78, 5) is 8.63. The largest absolute Gasteiger partial charge is 0.394 e. The molecule has 1 aliphatic heterocycles. The number of ether oxygens (including phenoxy) is 1. The molecule has 1 saturated heterocycles. The molecule has 4 atom stereocenters.